The van der Waals surface area contributed by atoms with E-state index in [2.05, 4.69) is 19.6 Å². The van der Waals surface area contributed by atoms with Crippen LogP contribution in [-0.2, 0) is 23.1 Å². The second kappa shape index (κ2) is 9.80. The van der Waals surface area contributed by atoms with Crippen LogP contribution in [0.3, 0.4) is 0 Å². The van der Waals surface area contributed by atoms with Gasteiger partial charge in [0, 0.05) is 24.8 Å². The predicted molar refractivity (Wildman–Crippen MR) is 140 cm³/mol. The van der Waals surface area contributed by atoms with E-state index in [0.717, 1.165) is 22.3 Å². The highest BCUT2D eigenvalue weighted by Crippen LogP contribution is 2.30. The number of aromatic hydroxyl groups is 1. The maximum atomic E-state index is 13.0. The molecule has 0 aliphatic rings. The molecule has 2 aromatic heterocycles. The maximum absolute atomic E-state index is 13.0. The van der Waals surface area contributed by atoms with Gasteiger partial charge in [-0.2, -0.15) is 0 Å². The van der Waals surface area contributed by atoms with Gasteiger partial charge < -0.3 is 10.1 Å². The van der Waals surface area contributed by atoms with Gasteiger partial charge in [-0.3, -0.25) is 14.6 Å². The Morgan fingerprint density at radius 1 is 0.917 bits per heavy atom. The molecule has 9 heteroatoms. The van der Waals surface area contributed by atoms with Gasteiger partial charge in [0.05, 0.1) is 27.3 Å². The molecular weight excluding hydrogens is 474 g/mol. The first-order valence-electron chi connectivity index (χ1n) is 11.4. The van der Waals surface area contributed by atoms with E-state index < -0.39 is 10.0 Å². The second-order valence-electron chi connectivity index (χ2n) is 8.54. The van der Waals surface area contributed by atoms with Crippen LogP contribution in [0.2, 0.25) is 0 Å². The molecular formula is C27H25N5O3S. The van der Waals surface area contributed by atoms with Crippen LogP contribution in [0.5, 0.6) is 5.75 Å². The number of pyridine rings is 1. The molecule has 3 N–H and O–H groups in total. The van der Waals surface area contributed by atoms with E-state index in [0.29, 0.717) is 30.2 Å². The largest absolute Gasteiger partial charge is 0.508 e. The number of phenolic OH excluding ortho intramolecular Hbond substituents is 1. The van der Waals surface area contributed by atoms with Gasteiger partial charge in [-0.15, -0.1) is 0 Å². The number of H-pyrrole nitrogens is 1. The molecule has 0 saturated heterocycles. The van der Waals surface area contributed by atoms with Gasteiger partial charge in [0.2, 0.25) is 0 Å². The lowest BCUT2D eigenvalue weighted by Crippen LogP contribution is -2.18. The molecule has 0 aliphatic heterocycles. The predicted octanol–water partition coefficient (Wildman–Crippen LogP) is 4.76. The van der Waals surface area contributed by atoms with Gasteiger partial charge in [0.1, 0.15) is 11.6 Å². The smallest absolute Gasteiger partial charge is 0.261 e. The summed E-state index contributed by atoms with van der Waals surface area (Å²) >= 11 is 0. The van der Waals surface area contributed by atoms with Gasteiger partial charge in [-0.05, 0) is 67.2 Å². The quantitative estimate of drug-likeness (QED) is 0.284. The number of benzene rings is 3. The summed E-state index contributed by atoms with van der Waals surface area (Å²) in [6.07, 6.45) is 1.79. The molecule has 0 aliphatic carbocycles. The van der Waals surface area contributed by atoms with E-state index in [4.69, 9.17) is 4.98 Å². The number of aromatic amines is 1. The number of hydrogen-bond donors (Lipinski definition) is 3. The summed E-state index contributed by atoms with van der Waals surface area (Å²) in [5, 5.41) is 9.49. The zero-order valence-electron chi connectivity index (χ0n) is 19.6. The fourth-order valence-electron chi connectivity index (χ4n) is 4.07. The van der Waals surface area contributed by atoms with E-state index in [1.807, 2.05) is 55.6 Å². The van der Waals surface area contributed by atoms with E-state index >= 15 is 0 Å². The summed E-state index contributed by atoms with van der Waals surface area (Å²) in [7, 11) is -1.82. The van der Waals surface area contributed by atoms with Crippen molar-refractivity contribution in [1.29, 1.82) is 0 Å². The molecule has 0 spiro atoms. The minimum atomic E-state index is -3.86. The number of aromatic nitrogens is 3. The van der Waals surface area contributed by atoms with Crippen molar-refractivity contribution in [2.24, 2.45) is 0 Å². The van der Waals surface area contributed by atoms with E-state index in [9.17, 15) is 13.5 Å². The molecule has 0 radical (unpaired) electrons. The monoisotopic (exact) mass is 499 g/mol. The third kappa shape index (κ3) is 5.07. The Morgan fingerprint density at radius 3 is 2.47 bits per heavy atom. The minimum Gasteiger partial charge on any atom is -0.508 e. The lowest BCUT2D eigenvalue weighted by molar-refractivity contribution is 0.316. The van der Waals surface area contributed by atoms with E-state index in [1.54, 1.807) is 18.3 Å². The number of fused-ring (bicyclic) bond motifs is 1. The lowest BCUT2D eigenvalue weighted by atomic mass is 10.1. The highest BCUT2D eigenvalue weighted by Gasteiger charge is 2.18. The van der Waals surface area contributed by atoms with Crippen LogP contribution in [0.4, 0.5) is 5.69 Å². The molecule has 182 valence electrons. The highest BCUT2D eigenvalue weighted by molar-refractivity contribution is 7.92. The van der Waals surface area contributed by atoms with Crippen LogP contribution in [-0.4, -0.2) is 40.4 Å². The third-order valence-corrected chi connectivity index (χ3v) is 7.15. The number of rotatable bonds is 8. The Labute approximate surface area is 209 Å². The van der Waals surface area contributed by atoms with Crippen molar-refractivity contribution < 1.29 is 13.5 Å². The third-order valence-electron chi connectivity index (χ3n) is 5.77. The molecule has 3 aromatic carbocycles. The van der Waals surface area contributed by atoms with Crippen molar-refractivity contribution in [3.05, 3.63) is 102 Å². The number of nitrogens with zero attached hydrogens (tertiary/aromatic N) is 3. The Morgan fingerprint density at radius 2 is 1.69 bits per heavy atom. The molecule has 0 unspecified atom stereocenters. The molecule has 0 amide bonds. The molecule has 8 nitrogen and oxygen atoms in total. The number of hydrogen-bond acceptors (Lipinski definition) is 6. The van der Waals surface area contributed by atoms with Crippen LogP contribution in [0, 0.1) is 0 Å². The maximum Gasteiger partial charge on any atom is 0.261 e. The first-order valence-corrected chi connectivity index (χ1v) is 12.8. The number of para-hydroxylation sites is 2. The Bertz CT molecular complexity index is 1600. The Kier molecular flexibility index (Phi) is 6.41. The average Bonchev–Trinajstić information content (AvgIpc) is 3.30. The zero-order valence-corrected chi connectivity index (χ0v) is 20.4. The van der Waals surface area contributed by atoms with E-state index in [-0.39, 0.29) is 10.6 Å². The SMILES string of the molecule is CN(Cc1ccccn1)Cc1cccc2[nH]c(-c3ccccc3NS(=O)(=O)c3ccc(O)cc3)nc12. The standard InChI is InChI=1S/C27H25N5O3S/c1-32(18-20-8-4-5-16-28-20)17-19-7-6-11-25-26(19)30-27(29-25)23-9-2-3-10-24(23)31-36(34,35)22-14-12-21(33)13-15-22/h2-16,31,33H,17-18H2,1H3,(H,29,30). The van der Waals surface area contributed by atoms with Crippen LogP contribution in [0.15, 0.2) is 96.0 Å². The number of imidazole rings is 1. The fourth-order valence-corrected chi connectivity index (χ4v) is 5.15. The zero-order chi connectivity index (χ0) is 25.1. The molecule has 0 fully saturated rings. The molecule has 0 bridgehead atoms. The number of anilines is 1. The van der Waals surface area contributed by atoms with Crippen molar-refractivity contribution in [3.8, 4) is 17.1 Å². The summed E-state index contributed by atoms with van der Waals surface area (Å²) in [5.74, 6) is 0.562. The van der Waals surface area contributed by atoms with Gasteiger partial charge in [-0.25, -0.2) is 13.4 Å². The topological polar surface area (TPSA) is 111 Å². The average molecular weight is 500 g/mol. The van der Waals surface area contributed by atoms with Crippen molar-refractivity contribution >= 4 is 26.7 Å². The van der Waals surface area contributed by atoms with Crippen molar-refractivity contribution in [3.63, 3.8) is 0 Å². The van der Waals surface area contributed by atoms with Crippen molar-refractivity contribution in [2.75, 3.05) is 11.8 Å². The molecule has 2 heterocycles. The summed E-state index contributed by atoms with van der Waals surface area (Å²) in [6.45, 7) is 1.38. The lowest BCUT2D eigenvalue weighted by Gasteiger charge is -2.16. The summed E-state index contributed by atoms with van der Waals surface area (Å²) in [4.78, 5) is 14.8. The molecule has 5 aromatic rings. The minimum absolute atomic E-state index is 0.00175. The van der Waals surface area contributed by atoms with Gasteiger partial charge >= 0.3 is 0 Å². The first-order chi connectivity index (χ1) is 17.4. The molecule has 5 rings (SSSR count). The molecule has 36 heavy (non-hydrogen) atoms. The van der Waals surface area contributed by atoms with Gasteiger partial charge in [-0.1, -0.05) is 30.3 Å². The number of nitrogens with one attached hydrogen (secondary N) is 2. The summed E-state index contributed by atoms with van der Waals surface area (Å²) in [6, 6.07) is 24.4. The number of phenols is 1. The summed E-state index contributed by atoms with van der Waals surface area (Å²) in [5.41, 5.74) is 4.77. The second-order valence-corrected chi connectivity index (χ2v) is 10.2. The molecule has 0 saturated carbocycles. The normalized spacial score (nSPS) is 11.7. The van der Waals surface area contributed by atoms with Crippen LogP contribution in [0.25, 0.3) is 22.4 Å². The highest BCUT2D eigenvalue weighted by atomic mass is 32.2. The van der Waals surface area contributed by atoms with Crippen LogP contribution >= 0.6 is 0 Å². The first kappa shape index (κ1) is 23.5. The summed E-state index contributed by atoms with van der Waals surface area (Å²) < 4.78 is 28.6. The van der Waals surface area contributed by atoms with Gasteiger partial charge in [0.15, 0.2) is 0 Å². The van der Waals surface area contributed by atoms with Crippen molar-refractivity contribution in [1.82, 2.24) is 19.9 Å². The van der Waals surface area contributed by atoms with E-state index in [1.165, 1.54) is 24.3 Å². The Balaban J connectivity index is 1.44. The van der Waals surface area contributed by atoms with Crippen LogP contribution < -0.4 is 4.72 Å². The fraction of sp³-hybridized carbons (Fsp3) is 0.111. The Hall–Kier alpha value is -4.21. The number of sulfonamides is 1. The van der Waals surface area contributed by atoms with Gasteiger partial charge in [0.25, 0.3) is 10.0 Å². The van der Waals surface area contributed by atoms with Crippen LogP contribution in [0.1, 0.15) is 11.3 Å². The van der Waals surface area contributed by atoms with Crippen molar-refractivity contribution in [2.45, 2.75) is 18.0 Å². The molecule has 0 atom stereocenters.